The van der Waals surface area contributed by atoms with E-state index < -0.39 is 16.1 Å². The Morgan fingerprint density at radius 1 is 1.71 bits per heavy atom. The molecule has 0 aromatic heterocycles. The van der Waals surface area contributed by atoms with Crippen LogP contribution in [0.4, 0.5) is 10.1 Å². The third-order valence-electron chi connectivity index (χ3n) is 1.97. The smallest absolute Gasteiger partial charge is 0.275 e. The molecule has 17 heavy (non-hydrogen) atoms. The van der Waals surface area contributed by atoms with Gasteiger partial charge in [0.2, 0.25) is 0 Å². The predicted molar refractivity (Wildman–Crippen MR) is 58.5 cm³/mol. The lowest BCUT2D eigenvalue weighted by Gasteiger charge is -2.08. The summed E-state index contributed by atoms with van der Waals surface area (Å²) in [6.07, 6.45) is 0. The molecule has 0 aliphatic carbocycles. The van der Waals surface area contributed by atoms with E-state index in [0.717, 1.165) is 6.07 Å². The van der Waals surface area contributed by atoms with Crippen molar-refractivity contribution in [3.8, 4) is 11.8 Å². The average Bonchev–Trinajstić information content (AvgIpc) is 2.28. The minimum absolute atomic E-state index is 0.158. The Bertz CT molecular complexity index is 487. The van der Waals surface area contributed by atoms with Gasteiger partial charge in [-0.25, -0.2) is 4.39 Å². The number of ether oxygens (including phenoxy) is 1. The zero-order valence-electron chi connectivity index (χ0n) is 8.81. The zero-order valence-corrected chi connectivity index (χ0v) is 9.57. The first-order valence-corrected chi connectivity index (χ1v) is 5.00. The van der Waals surface area contributed by atoms with E-state index in [1.165, 1.54) is 13.0 Å². The molecule has 90 valence electrons. The molecule has 1 unspecified atom stereocenters. The van der Waals surface area contributed by atoms with Gasteiger partial charge in [-0.05, 0) is 13.0 Å². The highest BCUT2D eigenvalue weighted by molar-refractivity contribution is 6.22. The second kappa shape index (κ2) is 5.46. The van der Waals surface area contributed by atoms with Crippen molar-refractivity contribution in [1.82, 2.24) is 0 Å². The molecule has 1 aromatic carbocycles. The number of halogens is 2. The van der Waals surface area contributed by atoms with E-state index in [1.54, 1.807) is 6.07 Å². The SMILES string of the molecule is Cc1cc(OCC(Cl)C#N)c(F)cc1[N+](=O)[O-]. The third-order valence-corrected chi connectivity index (χ3v) is 2.20. The van der Waals surface area contributed by atoms with Gasteiger partial charge in [0.15, 0.2) is 16.9 Å². The summed E-state index contributed by atoms with van der Waals surface area (Å²) in [6.45, 7) is 1.28. The van der Waals surface area contributed by atoms with E-state index in [0.29, 0.717) is 0 Å². The van der Waals surface area contributed by atoms with Gasteiger partial charge >= 0.3 is 0 Å². The van der Waals surface area contributed by atoms with E-state index in [-0.39, 0.29) is 23.6 Å². The fraction of sp³-hybridized carbons (Fsp3) is 0.300. The van der Waals surface area contributed by atoms with E-state index in [2.05, 4.69) is 0 Å². The van der Waals surface area contributed by atoms with Crippen molar-refractivity contribution < 1.29 is 14.1 Å². The first-order chi connectivity index (χ1) is 7.95. The summed E-state index contributed by atoms with van der Waals surface area (Å²) < 4.78 is 18.3. The summed E-state index contributed by atoms with van der Waals surface area (Å²) in [5.41, 5.74) is -0.0490. The van der Waals surface area contributed by atoms with E-state index in [4.69, 9.17) is 21.6 Å². The first kappa shape index (κ1) is 13.2. The number of hydrogen-bond acceptors (Lipinski definition) is 4. The monoisotopic (exact) mass is 258 g/mol. The quantitative estimate of drug-likeness (QED) is 0.472. The summed E-state index contributed by atoms with van der Waals surface area (Å²) in [5, 5.41) is 18.0. The first-order valence-electron chi connectivity index (χ1n) is 4.56. The molecule has 0 amide bonds. The molecule has 0 fully saturated rings. The van der Waals surface area contributed by atoms with Gasteiger partial charge in [0.1, 0.15) is 6.61 Å². The molecular weight excluding hydrogens is 251 g/mol. The summed E-state index contributed by atoms with van der Waals surface area (Å²) in [6, 6.07) is 3.69. The maximum absolute atomic E-state index is 13.4. The molecular formula is C10H8ClFN2O3. The van der Waals surface area contributed by atoms with Gasteiger partial charge in [-0.15, -0.1) is 11.6 Å². The van der Waals surface area contributed by atoms with Crippen molar-refractivity contribution in [3.05, 3.63) is 33.6 Å². The normalized spacial score (nSPS) is 11.6. The predicted octanol–water partition coefficient (Wildman–Crippen LogP) is 2.55. The molecule has 0 aliphatic rings. The number of nitro benzene ring substituents is 1. The van der Waals surface area contributed by atoms with Crippen molar-refractivity contribution in [3.63, 3.8) is 0 Å². The summed E-state index contributed by atoms with van der Waals surface area (Å²) in [5.74, 6) is -1.02. The lowest BCUT2D eigenvalue weighted by atomic mass is 10.2. The summed E-state index contributed by atoms with van der Waals surface area (Å²) in [4.78, 5) is 9.85. The number of rotatable bonds is 4. The molecule has 0 radical (unpaired) electrons. The summed E-state index contributed by atoms with van der Waals surface area (Å²) >= 11 is 5.47. The molecule has 0 bridgehead atoms. The molecule has 0 saturated carbocycles. The Hall–Kier alpha value is -1.87. The van der Waals surface area contributed by atoms with Crippen LogP contribution in [0.1, 0.15) is 5.56 Å². The van der Waals surface area contributed by atoms with Crippen molar-refractivity contribution in [1.29, 1.82) is 5.26 Å². The Kier molecular flexibility index (Phi) is 4.24. The standard InChI is InChI=1S/C10H8ClFN2O3/c1-6-2-10(17-5-7(11)4-13)8(12)3-9(6)14(15)16/h2-3,7H,5H2,1H3. The van der Waals surface area contributed by atoms with Crippen LogP contribution in [0.2, 0.25) is 0 Å². The van der Waals surface area contributed by atoms with Gasteiger partial charge in [-0.3, -0.25) is 10.1 Å². The molecule has 0 heterocycles. The van der Waals surface area contributed by atoms with Crippen LogP contribution in [0.25, 0.3) is 0 Å². The topological polar surface area (TPSA) is 76.2 Å². The molecule has 0 spiro atoms. The number of alkyl halides is 1. The Morgan fingerprint density at radius 3 is 2.88 bits per heavy atom. The van der Waals surface area contributed by atoms with Crippen molar-refractivity contribution in [2.24, 2.45) is 0 Å². The lowest BCUT2D eigenvalue weighted by molar-refractivity contribution is -0.385. The van der Waals surface area contributed by atoms with Gasteiger partial charge in [0.05, 0.1) is 17.1 Å². The molecule has 0 saturated heterocycles. The molecule has 0 N–H and O–H groups in total. The maximum atomic E-state index is 13.4. The Labute approximate surface area is 102 Å². The number of nitro groups is 1. The van der Waals surface area contributed by atoms with Crippen molar-refractivity contribution >= 4 is 17.3 Å². The van der Waals surface area contributed by atoms with E-state index in [9.17, 15) is 14.5 Å². The highest BCUT2D eigenvalue weighted by atomic mass is 35.5. The van der Waals surface area contributed by atoms with Crippen LogP contribution in [-0.2, 0) is 0 Å². The van der Waals surface area contributed by atoms with Gasteiger partial charge in [0, 0.05) is 5.56 Å². The highest BCUT2D eigenvalue weighted by Crippen LogP contribution is 2.27. The second-order valence-electron chi connectivity index (χ2n) is 3.23. The average molecular weight is 259 g/mol. The van der Waals surface area contributed by atoms with Crippen LogP contribution >= 0.6 is 11.6 Å². The van der Waals surface area contributed by atoms with Gasteiger partial charge in [0.25, 0.3) is 5.69 Å². The zero-order chi connectivity index (χ0) is 13.0. The minimum atomic E-state index is -0.898. The van der Waals surface area contributed by atoms with E-state index >= 15 is 0 Å². The molecule has 1 rings (SSSR count). The largest absolute Gasteiger partial charge is 0.488 e. The molecule has 5 nitrogen and oxygen atoms in total. The van der Waals surface area contributed by atoms with Crippen LogP contribution in [0.3, 0.4) is 0 Å². The molecule has 0 aliphatic heterocycles. The van der Waals surface area contributed by atoms with Gasteiger partial charge in [-0.2, -0.15) is 5.26 Å². The minimum Gasteiger partial charge on any atom is -0.488 e. The van der Waals surface area contributed by atoms with Crippen LogP contribution in [0.15, 0.2) is 12.1 Å². The summed E-state index contributed by atoms with van der Waals surface area (Å²) in [7, 11) is 0. The fourth-order valence-electron chi connectivity index (χ4n) is 1.15. The number of nitrogens with zero attached hydrogens (tertiary/aromatic N) is 2. The number of hydrogen-bond donors (Lipinski definition) is 0. The Morgan fingerprint density at radius 2 is 2.35 bits per heavy atom. The number of nitriles is 1. The molecule has 1 aromatic rings. The van der Waals surface area contributed by atoms with Crippen molar-refractivity contribution in [2.45, 2.75) is 12.3 Å². The van der Waals surface area contributed by atoms with Crippen LogP contribution in [0, 0.1) is 34.2 Å². The van der Waals surface area contributed by atoms with Crippen LogP contribution in [0.5, 0.6) is 5.75 Å². The molecule has 1 atom stereocenters. The van der Waals surface area contributed by atoms with Crippen LogP contribution in [-0.4, -0.2) is 16.9 Å². The van der Waals surface area contributed by atoms with Crippen molar-refractivity contribution in [2.75, 3.05) is 6.61 Å². The highest BCUT2D eigenvalue weighted by Gasteiger charge is 2.16. The Balaban J connectivity index is 2.93. The molecule has 7 heteroatoms. The van der Waals surface area contributed by atoms with Crippen LogP contribution < -0.4 is 4.74 Å². The van der Waals surface area contributed by atoms with Gasteiger partial charge in [-0.1, -0.05) is 0 Å². The lowest BCUT2D eigenvalue weighted by Crippen LogP contribution is -2.10. The van der Waals surface area contributed by atoms with E-state index in [1.807, 2.05) is 0 Å². The van der Waals surface area contributed by atoms with Gasteiger partial charge < -0.3 is 4.74 Å². The maximum Gasteiger partial charge on any atom is 0.275 e. The fourth-order valence-corrected chi connectivity index (χ4v) is 1.22. The number of aryl methyl sites for hydroxylation is 1. The second-order valence-corrected chi connectivity index (χ2v) is 3.76. The third kappa shape index (κ3) is 3.29. The number of benzene rings is 1.